The molecule has 88 heavy (non-hydrogen) atoms. The average molecular weight is 1190 g/mol. The Morgan fingerprint density at radius 3 is 1.28 bits per heavy atom. The van der Waals surface area contributed by atoms with Gasteiger partial charge in [0, 0.05) is 87.8 Å². The molecule has 2 N–H and O–H groups in total. The summed E-state index contributed by atoms with van der Waals surface area (Å²) in [6.07, 6.45) is 10.9. The van der Waals surface area contributed by atoms with Crippen molar-refractivity contribution in [3.05, 3.63) is 181 Å². The largest absolute Gasteiger partial charge is 0.445 e. The summed E-state index contributed by atoms with van der Waals surface area (Å²) in [6.45, 7) is 20.5. The Kier molecular flexibility index (Phi) is 18.7. The van der Waals surface area contributed by atoms with Crippen molar-refractivity contribution in [2.75, 3.05) is 39.3 Å². The number of piperidine rings is 3. The number of ether oxygens (including phenoxy) is 1. The number of carbonyl (C=O) groups is 1. The lowest BCUT2D eigenvalue weighted by Gasteiger charge is -2.31. The number of benzene rings is 4. The van der Waals surface area contributed by atoms with Gasteiger partial charge in [-0.25, -0.2) is 19.7 Å². The van der Waals surface area contributed by atoms with Crippen LogP contribution in [-0.2, 0) is 52.1 Å². The fourth-order valence-electron chi connectivity index (χ4n) is 13.1. The molecule has 3 aliphatic heterocycles. The zero-order valence-electron chi connectivity index (χ0n) is 52.8. The fourth-order valence-corrected chi connectivity index (χ4v) is 13.1. The molecule has 4 aromatic carbocycles. The molecule has 0 atom stereocenters. The van der Waals surface area contributed by atoms with Crippen LogP contribution in [0.25, 0.3) is 65.8 Å². The fraction of sp³-hybridized carbons (Fsp3) is 0.423. The molecule has 460 valence electrons. The second-order valence-corrected chi connectivity index (χ2v) is 25.1. The number of rotatable bonds is 12. The van der Waals surface area contributed by atoms with E-state index in [0.29, 0.717) is 49.4 Å². The zero-order valence-corrected chi connectivity index (χ0v) is 52.8. The molecule has 6 aromatic heterocycles. The summed E-state index contributed by atoms with van der Waals surface area (Å²) in [7, 11) is 5.54. The lowest BCUT2D eigenvalue weighted by Crippen LogP contribution is -2.38. The molecule has 0 bridgehead atoms. The number of likely N-dealkylation sites (tertiary alicyclic amines) is 1. The number of nitrogens with zero attached hydrogens (tertiary/aromatic N) is 10. The SMILES string of the molecule is CC(C)=CCn1c(C2CCN(C(=O)OCc3ccccc3)CC2)nc2c3ccccc3n(C)c(=O)c21.CC(C)=CCn1c(C2CCNCC2)nc2c3ccccc3n(C)c(=O)c21.CC(C)CCn1c(C2CCNCC2)nc2c3ccccc3n(C)c(=O)c21. The van der Waals surface area contributed by atoms with Crippen molar-refractivity contribution in [1.29, 1.82) is 0 Å². The first-order valence-corrected chi connectivity index (χ1v) is 31.7. The Morgan fingerprint density at radius 1 is 0.523 bits per heavy atom. The molecule has 17 heteroatoms. The van der Waals surface area contributed by atoms with Gasteiger partial charge in [-0.15, -0.1) is 0 Å². The van der Waals surface area contributed by atoms with Crippen LogP contribution in [-0.4, -0.2) is 92.6 Å². The Bertz CT molecular complexity index is 4410. The number of hydrogen-bond donors (Lipinski definition) is 2. The van der Waals surface area contributed by atoms with E-state index in [1.807, 2.05) is 112 Å². The third kappa shape index (κ3) is 12.5. The van der Waals surface area contributed by atoms with Crippen molar-refractivity contribution >= 4 is 71.9 Å². The highest BCUT2D eigenvalue weighted by atomic mass is 16.6. The van der Waals surface area contributed by atoms with E-state index in [9.17, 15) is 19.2 Å². The molecular weight excluding hydrogens is 1100 g/mol. The highest BCUT2D eigenvalue weighted by molar-refractivity contribution is 6.04. The van der Waals surface area contributed by atoms with Crippen molar-refractivity contribution < 1.29 is 9.53 Å². The van der Waals surface area contributed by atoms with Crippen LogP contribution in [0.2, 0.25) is 0 Å². The maximum absolute atomic E-state index is 13.4. The Morgan fingerprint density at radius 2 is 0.886 bits per heavy atom. The Balaban J connectivity index is 0.000000139. The quantitative estimate of drug-likeness (QED) is 0.112. The van der Waals surface area contributed by atoms with Crippen LogP contribution in [0.15, 0.2) is 141 Å². The first-order chi connectivity index (χ1) is 42.6. The van der Waals surface area contributed by atoms with Crippen molar-refractivity contribution in [3.8, 4) is 0 Å². The average Bonchev–Trinajstić information content (AvgIpc) is 1.78. The lowest BCUT2D eigenvalue weighted by molar-refractivity contribution is 0.0865. The summed E-state index contributed by atoms with van der Waals surface area (Å²) in [5, 5.41) is 9.96. The summed E-state index contributed by atoms with van der Waals surface area (Å²) in [5.74, 6) is 4.68. The summed E-state index contributed by atoms with van der Waals surface area (Å²) in [5.41, 5.74) is 10.9. The second-order valence-electron chi connectivity index (χ2n) is 25.1. The number of fused-ring (bicyclic) bond motifs is 9. The van der Waals surface area contributed by atoms with Crippen LogP contribution >= 0.6 is 0 Å². The normalized spacial score (nSPS) is 15.3. The first kappa shape index (κ1) is 61.2. The molecule has 0 unspecified atom stereocenters. The number of imidazole rings is 3. The van der Waals surface area contributed by atoms with Crippen LogP contribution in [0, 0.1) is 5.92 Å². The molecule has 17 nitrogen and oxygen atoms in total. The smallest absolute Gasteiger partial charge is 0.410 e. The summed E-state index contributed by atoms with van der Waals surface area (Å²) in [6, 6.07) is 33.8. The van der Waals surface area contributed by atoms with E-state index in [1.165, 1.54) is 11.1 Å². The number of allylic oxidation sites excluding steroid dienone is 4. The number of aromatic nitrogens is 9. The van der Waals surface area contributed by atoms with Crippen LogP contribution < -0.4 is 27.3 Å². The Hall–Kier alpha value is -8.41. The van der Waals surface area contributed by atoms with E-state index >= 15 is 0 Å². The number of nitrogens with one attached hydrogen (secondary N) is 2. The van der Waals surface area contributed by atoms with E-state index in [1.54, 1.807) is 18.6 Å². The number of para-hydroxylation sites is 3. The van der Waals surface area contributed by atoms with E-state index in [2.05, 4.69) is 90.2 Å². The van der Waals surface area contributed by atoms with Gasteiger partial charge in [-0.3, -0.25) is 14.4 Å². The van der Waals surface area contributed by atoms with E-state index in [-0.39, 0.29) is 35.3 Å². The number of carbonyl (C=O) groups excluding carboxylic acids is 1. The molecular formula is C71H86N12O5. The lowest BCUT2D eigenvalue weighted by atomic mass is 9.96. The predicted molar refractivity (Wildman–Crippen MR) is 356 cm³/mol. The van der Waals surface area contributed by atoms with Gasteiger partial charge in [0.05, 0.1) is 16.6 Å². The highest BCUT2D eigenvalue weighted by Crippen LogP contribution is 2.35. The molecule has 3 fully saturated rings. The maximum Gasteiger partial charge on any atom is 0.410 e. The number of amides is 1. The van der Waals surface area contributed by atoms with Gasteiger partial charge >= 0.3 is 6.09 Å². The van der Waals surface area contributed by atoms with Gasteiger partial charge in [-0.2, -0.15) is 0 Å². The van der Waals surface area contributed by atoms with Crippen LogP contribution in [0.4, 0.5) is 4.79 Å². The van der Waals surface area contributed by atoms with Crippen LogP contribution in [0.3, 0.4) is 0 Å². The first-order valence-electron chi connectivity index (χ1n) is 31.7. The van der Waals surface area contributed by atoms with Crippen molar-refractivity contribution in [2.45, 2.75) is 130 Å². The molecule has 0 saturated carbocycles. The minimum atomic E-state index is -0.282. The van der Waals surface area contributed by atoms with E-state index in [4.69, 9.17) is 19.7 Å². The third-order valence-corrected chi connectivity index (χ3v) is 18.1. The third-order valence-electron chi connectivity index (χ3n) is 18.1. The molecule has 3 saturated heterocycles. The summed E-state index contributed by atoms with van der Waals surface area (Å²) < 4.78 is 17.3. The van der Waals surface area contributed by atoms with Crippen LogP contribution in [0.1, 0.15) is 127 Å². The molecule has 3 aliphatic rings. The molecule has 0 aliphatic carbocycles. The zero-order chi connectivity index (χ0) is 61.8. The standard InChI is InChI=1S/C29H32N4O3.C21H28N4O.C21H26N4O/c1-20(2)13-18-33-26-25(23-11-7-8-12-24(23)31(3)28(26)34)30-27(33)22-14-16-32(17-15-22)29(35)36-19-21-9-5-4-6-10-21;2*1-14(2)10-13-25-19-18(23-20(25)15-8-11-22-12-9-15)16-6-4-5-7-17(16)24(3)21(19)26/h4-13,22H,14-19H2,1-3H3;4-7,14-15,22H,8-13H2,1-3H3;4-7,10,15,22H,8-9,11-13H2,1-3H3. The molecule has 0 spiro atoms. The van der Waals surface area contributed by atoms with Crippen molar-refractivity contribution in [1.82, 2.24) is 57.9 Å². The van der Waals surface area contributed by atoms with Gasteiger partial charge in [-0.1, -0.05) is 122 Å². The molecule has 0 radical (unpaired) electrons. The summed E-state index contributed by atoms with van der Waals surface area (Å²) in [4.78, 5) is 69.4. The molecule has 9 heterocycles. The van der Waals surface area contributed by atoms with E-state index in [0.717, 1.165) is 161 Å². The number of pyridine rings is 3. The molecule has 10 aromatic rings. The monoisotopic (exact) mass is 1190 g/mol. The van der Waals surface area contributed by atoms with E-state index < -0.39 is 0 Å². The van der Waals surface area contributed by atoms with Crippen molar-refractivity contribution in [3.63, 3.8) is 0 Å². The predicted octanol–water partition coefficient (Wildman–Crippen LogP) is 12.1. The summed E-state index contributed by atoms with van der Waals surface area (Å²) >= 11 is 0. The van der Waals surface area contributed by atoms with Gasteiger partial charge in [0.15, 0.2) is 0 Å². The molecule has 1 amide bonds. The van der Waals surface area contributed by atoms with Gasteiger partial charge < -0.3 is 47.7 Å². The number of hydrogen-bond acceptors (Lipinski definition) is 10. The highest BCUT2D eigenvalue weighted by Gasteiger charge is 2.31. The maximum atomic E-state index is 13.4. The minimum Gasteiger partial charge on any atom is -0.445 e. The van der Waals surface area contributed by atoms with Gasteiger partial charge in [0.2, 0.25) is 0 Å². The van der Waals surface area contributed by atoms with Gasteiger partial charge in [-0.05, 0) is 129 Å². The second kappa shape index (κ2) is 26.9. The topological polar surface area (TPSA) is 173 Å². The van der Waals surface area contributed by atoms with Gasteiger partial charge in [0.25, 0.3) is 16.7 Å². The number of aryl methyl sites for hydroxylation is 4. The van der Waals surface area contributed by atoms with Gasteiger partial charge in [0.1, 0.15) is 57.2 Å². The van der Waals surface area contributed by atoms with Crippen LogP contribution in [0.5, 0.6) is 0 Å². The minimum absolute atomic E-state index is 0.0356. The van der Waals surface area contributed by atoms with Crippen molar-refractivity contribution in [2.24, 2.45) is 27.1 Å². The Labute approximate surface area is 514 Å². The molecule has 13 rings (SSSR count).